The largest absolute Gasteiger partial charge is 0.451 e. The van der Waals surface area contributed by atoms with E-state index in [4.69, 9.17) is 4.42 Å². The van der Waals surface area contributed by atoms with Crippen LogP contribution in [0, 0.1) is 5.82 Å². The Labute approximate surface area is 168 Å². The highest BCUT2D eigenvalue weighted by Gasteiger charge is 2.29. The number of anilines is 1. The van der Waals surface area contributed by atoms with Crippen LogP contribution in [0.15, 0.2) is 52.9 Å². The molecule has 1 amide bonds. The first kappa shape index (κ1) is 19.4. The van der Waals surface area contributed by atoms with E-state index < -0.39 is 9.84 Å². The summed E-state index contributed by atoms with van der Waals surface area (Å²) in [5.41, 5.74) is 1.39. The second-order valence-electron chi connectivity index (χ2n) is 7.21. The zero-order valence-corrected chi connectivity index (χ0v) is 16.8. The van der Waals surface area contributed by atoms with Crippen molar-refractivity contribution in [3.63, 3.8) is 0 Å². The highest BCUT2D eigenvalue weighted by atomic mass is 32.2. The number of amides is 1. The molecule has 6 nitrogen and oxygen atoms in total. The van der Waals surface area contributed by atoms with E-state index in [1.165, 1.54) is 6.07 Å². The quantitative estimate of drug-likeness (QED) is 0.654. The van der Waals surface area contributed by atoms with Gasteiger partial charge < -0.3 is 14.2 Å². The first-order valence-corrected chi connectivity index (χ1v) is 11.4. The fourth-order valence-electron chi connectivity index (χ4n) is 3.68. The Morgan fingerprint density at radius 3 is 2.38 bits per heavy atom. The third kappa shape index (κ3) is 3.98. The van der Waals surface area contributed by atoms with Crippen LogP contribution in [0.3, 0.4) is 0 Å². The minimum Gasteiger partial charge on any atom is -0.451 e. The molecule has 0 bridgehead atoms. The number of carbonyl (C=O) groups is 1. The molecule has 4 rings (SSSR count). The van der Waals surface area contributed by atoms with Gasteiger partial charge in [0.05, 0.1) is 11.4 Å². The van der Waals surface area contributed by atoms with Crippen molar-refractivity contribution in [2.75, 3.05) is 37.3 Å². The van der Waals surface area contributed by atoms with E-state index in [2.05, 4.69) is 0 Å². The van der Waals surface area contributed by atoms with E-state index >= 15 is 0 Å². The summed E-state index contributed by atoms with van der Waals surface area (Å²) in [4.78, 5) is 16.7. The number of benzene rings is 2. The lowest BCUT2D eigenvalue weighted by atomic mass is 10.1. The topological polar surface area (TPSA) is 70.8 Å². The van der Waals surface area contributed by atoms with Gasteiger partial charge in [-0.05, 0) is 18.2 Å². The summed E-state index contributed by atoms with van der Waals surface area (Å²) in [7, 11) is -3.36. The first-order chi connectivity index (χ1) is 13.8. The molecule has 0 aliphatic carbocycles. The molecule has 1 aromatic heterocycles. The normalized spacial score (nSPS) is 15.1. The second kappa shape index (κ2) is 7.51. The molecule has 1 fully saturated rings. The van der Waals surface area contributed by atoms with E-state index in [9.17, 15) is 17.6 Å². The van der Waals surface area contributed by atoms with Gasteiger partial charge >= 0.3 is 0 Å². The molecule has 0 N–H and O–H groups in total. The number of para-hydroxylation sites is 2. The van der Waals surface area contributed by atoms with Gasteiger partial charge in [0, 0.05) is 43.4 Å². The number of sulfone groups is 1. The van der Waals surface area contributed by atoms with Crippen LogP contribution >= 0.6 is 0 Å². The van der Waals surface area contributed by atoms with Crippen molar-refractivity contribution in [2.45, 2.75) is 5.75 Å². The Morgan fingerprint density at radius 1 is 1.03 bits per heavy atom. The summed E-state index contributed by atoms with van der Waals surface area (Å²) < 4.78 is 43.6. The van der Waals surface area contributed by atoms with Gasteiger partial charge in [-0.15, -0.1) is 0 Å². The number of nitrogens with zero attached hydrogens (tertiary/aromatic N) is 2. The number of furan rings is 1. The van der Waals surface area contributed by atoms with Gasteiger partial charge in [0.25, 0.3) is 5.91 Å². The molecule has 0 saturated carbocycles. The van der Waals surface area contributed by atoms with E-state index in [-0.39, 0.29) is 23.2 Å². The van der Waals surface area contributed by atoms with Crippen molar-refractivity contribution in [3.8, 4) is 0 Å². The van der Waals surface area contributed by atoms with E-state index in [0.29, 0.717) is 48.4 Å². The number of hydrogen-bond donors (Lipinski definition) is 0. The molecule has 1 aliphatic rings. The predicted molar refractivity (Wildman–Crippen MR) is 109 cm³/mol. The van der Waals surface area contributed by atoms with Crippen LogP contribution in [0.1, 0.15) is 16.1 Å². The molecule has 152 valence electrons. The van der Waals surface area contributed by atoms with Gasteiger partial charge in [-0.2, -0.15) is 0 Å². The molecule has 8 heteroatoms. The van der Waals surface area contributed by atoms with Crippen molar-refractivity contribution in [1.82, 2.24) is 4.90 Å². The molecule has 2 aromatic carbocycles. The zero-order valence-electron chi connectivity index (χ0n) is 16.0. The summed E-state index contributed by atoms with van der Waals surface area (Å²) in [6.45, 7) is 1.74. The third-order valence-electron chi connectivity index (χ3n) is 5.06. The van der Waals surface area contributed by atoms with E-state index in [0.717, 1.165) is 6.26 Å². The van der Waals surface area contributed by atoms with Crippen LogP contribution in [-0.4, -0.2) is 51.7 Å². The number of carbonyl (C=O) groups excluding carboxylic acids is 1. The van der Waals surface area contributed by atoms with Gasteiger partial charge in [-0.3, -0.25) is 4.79 Å². The molecule has 2 heterocycles. The summed E-state index contributed by atoms with van der Waals surface area (Å²) in [6.07, 6.45) is 1.14. The monoisotopic (exact) mass is 416 g/mol. The lowest BCUT2D eigenvalue weighted by Crippen LogP contribution is -2.49. The lowest BCUT2D eigenvalue weighted by molar-refractivity contribution is 0.0716. The van der Waals surface area contributed by atoms with Gasteiger partial charge in [0.2, 0.25) is 0 Å². The molecule has 0 radical (unpaired) electrons. The fraction of sp³-hybridized carbons (Fsp3) is 0.286. The van der Waals surface area contributed by atoms with E-state index in [1.54, 1.807) is 47.4 Å². The Morgan fingerprint density at radius 2 is 1.69 bits per heavy atom. The number of fused-ring (bicyclic) bond motifs is 1. The minimum absolute atomic E-state index is 0.0657. The number of hydrogen-bond acceptors (Lipinski definition) is 5. The molecule has 1 saturated heterocycles. The van der Waals surface area contributed by atoms with Crippen LogP contribution in [0.2, 0.25) is 0 Å². The average Bonchev–Trinajstić information content (AvgIpc) is 3.05. The maximum absolute atomic E-state index is 14.0. The standard InChI is InChI=1S/C21H21FN2O4S/c1-29(26,27)14-16-15-6-2-5-9-19(15)28-20(16)21(25)24-12-10-23(11-13-24)18-8-4-3-7-17(18)22/h2-9H,10-14H2,1H3. The molecule has 29 heavy (non-hydrogen) atoms. The molecule has 1 aliphatic heterocycles. The van der Waals surface area contributed by atoms with Gasteiger partial charge in [-0.1, -0.05) is 30.3 Å². The van der Waals surface area contributed by atoms with Crippen LogP contribution < -0.4 is 4.90 Å². The Bertz CT molecular complexity index is 1160. The van der Waals surface area contributed by atoms with Crippen molar-refractivity contribution in [1.29, 1.82) is 0 Å². The molecule has 3 aromatic rings. The van der Waals surface area contributed by atoms with Crippen molar-refractivity contribution >= 4 is 32.4 Å². The molecular formula is C21H21FN2O4S. The van der Waals surface area contributed by atoms with E-state index in [1.807, 2.05) is 4.90 Å². The predicted octanol–water partition coefficient (Wildman–Crippen LogP) is 3.08. The Kier molecular flexibility index (Phi) is 5.04. The third-order valence-corrected chi connectivity index (χ3v) is 5.87. The van der Waals surface area contributed by atoms with Gasteiger partial charge in [0.15, 0.2) is 15.6 Å². The minimum atomic E-state index is -3.36. The second-order valence-corrected chi connectivity index (χ2v) is 9.35. The highest BCUT2D eigenvalue weighted by molar-refractivity contribution is 7.89. The maximum atomic E-state index is 14.0. The van der Waals surface area contributed by atoms with Gasteiger partial charge in [-0.25, -0.2) is 12.8 Å². The zero-order chi connectivity index (χ0) is 20.6. The Balaban J connectivity index is 1.58. The molecular weight excluding hydrogens is 395 g/mol. The van der Waals surface area contributed by atoms with Crippen molar-refractivity contribution in [2.24, 2.45) is 0 Å². The molecule has 0 atom stereocenters. The number of piperazine rings is 1. The number of halogens is 1. The van der Waals surface area contributed by atoms with Crippen LogP contribution in [0.25, 0.3) is 11.0 Å². The molecule has 0 spiro atoms. The average molecular weight is 416 g/mol. The Hall–Kier alpha value is -2.87. The molecule has 0 unspecified atom stereocenters. The summed E-state index contributed by atoms with van der Waals surface area (Å²) in [5, 5.41) is 0.631. The number of rotatable bonds is 4. The van der Waals surface area contributed by atoms with Crippen LogP contribution in [0.4, 0.5) is 10.1 Å². The summed E-state index contributed by atoms with van der Waals surface area (Å²) in [6, 6.07) is 13.6. The van der Waals surface area contributed by atoms with Crippen molar-refractivity contribution < 1.29 is 22.0 Å². The maximum Gasteiger partial charge on any atom is 0.290 e. The smallest absolute Gasteiger partial charge is 0.290 e. The first-order valence-electron chi connectivity index (χ1n) is 9.30. The fourth-order valence-corrected chi connectivity index (χ4v) is 4.49. The van der Waals surface area contributed by atoms with Crippen LogP contribution in [-0.2, 0) is 15.6 Å². The van der Waals surface area contributed by atoms with Gasteiger partial charge in [0.1, 0.15) is 11.4 Å². The van der Waals surface area contributed by atoms with Crippen molar-refractivity contribution in [3.05, 3.63) is 65.7 Å². The SMILES string of the molecule is CS(=O)(=O)Cc1c(C(=O)N2CCN(c3ccccc3F)CC2)oc2ccccc12. The lowest BCUT2D eigenvalue weighted by Gasteiger charge is -2.36. The summed E-state index contributed by atoms with van der Waals surface area (Å²) >= 11 is 0. The highest BCUT2D eigenvalue weighted by Crippen LogP contribution is 2.29. The summed E-state index contributed by atoms with van der Waals surface area (Å²) in [5.74, 6) is -0.829. The van der Waals surface area contributed by atoms with Crippen LogP contribution in [0.5, 0.6) is 0 Å².